The van der Waals surface area contributed by atoms with Crippen LogP contribution in [0.5, 0.6) is 0 Å². The van der Waals surface area contributed by atoms with Crippen molar-refractivity contribution >= 4 is 0 Å². The van der Waals surface area contributed by atoms with Gasteiger partial charge >= 0.3 is 0 Å². The van der Waals surface area contributed by atoms with Crippen molar-refractivity contribution in [2.24, 2.45) is 0 Å². The van der Waals surface area contributed by atoms with Crippen LogP contribution >= 0.6 is 0 Å². The number of aryl methyl sites for hydroxylation is 1. The molecule has 0 amide bonds. The van der Waals surface area contributed by atoms with Gasteiger partial charge in [0, 0.05) is 18.0 Å². The minimum absolute atomic E-state index is 0.184. The Kier molecular flexibility index (Phi) is 2.27. The van der Waals surface area contributed by atoms with E-state index in [1.54, 1.807) is 30.6 Å². The van der Waals surface area contributed by atoms with Crippen molar-refractivity contribution < 1.29 is 4.39 Å². The van der Waals surface area contributed by atoms with E-state index in [9.17, 15) is 4.39 Å². The molecule has 0 aliphatic heterocycles. The smallest absolute Gasteiger partial charge is 0.131 e. The number of hydrogen-bond donors (Lipinski definition) is 0. The molecule has 0 N–H and O–H groups in total. The van der Waals surface area contributed by atoms with Gasteiger partial charge in [0.05, 0.1) is 0 Å². The molecule has 70 valence electrons. The Labute approximate surface area is 82.2 Å². The summed E-state index contributed by atoms with van der Waals surface area (Å²) < 4.78 is 13.5. The fourth-order valence-electron chi connectivity index (χ4n) is 1.39. The number of pyridine rings is 1. The molecule has 2 aromatic rings. The molecule has 14 heavy (non-hydrogen) atoms. The second-order valence-electron chi connectivity index (χ2n) is 3.22. The zero-order valence-corrected chi connectivity index (χ0v) is 7.87. The molecule has 2 rings (SSSR count). The lowest BCUT2D eigenvalue weighted by Gasteiger charge is -2.03. The molecule has 0 atom stereocenters. The molecule has 0 fully saturated rings. The predicted molar refractivity (Wildman–Crippen MR) is 54.4 cm³/mol. The lowest BCUT2D eigenvalue weighted by atomic mass is 10.1. The van der Waals surface area contributed by atoms with Crippen molar-refractivity contribution in [1.29, 1.82) is 0 Å². The zero-order valence-electron chi connectivity index (χ0n) is 7.87. The monoisotopic (exact) mass is 187 g/mol. The first-order valence-electron chi connectivity index (χ1n) is 4.44. The summed E-state index contributed by atoms with van der Waals surface area (Å²) in [4.78, 5) is 3.90. The second kappa shape index (κ2) is 3.58. The van der Waals surface area contributed by atoms with Crippen molar-refractivity contribution in [2.45, 2.75) is 6.92 Å². The van der Waals surface area contributed by atoms with Gasteiger partial charge in [-0.3, -0.25) is 4.98 Å². The third-order valence-corrected chi connectivity index (χ3v) is 2.12. The van der Waals surface area contributed by atoms with Crippen LogP contribution in [-0.4, -0.2) is 4.98 Å². The van der Waals surface area contributed by atoms with E-state index in [-0.39, 0.29) is 5.82 Å². The summed E-state index contributed by atoms with van der Waals surface area (Å²) in [5.41, 5.74) is 2.41. The van der Waals surface area contributed by atoms with Crippen LogP contribution in [0.25, 0.3) is 11.1 Å². The first kappa shape index (κ1) is 8.88. The highest BCUT2D eigenvalue weighted by molar-refractivity contribution is 5.63. The van der Waals surface area contributed by atoms with E-state index in [2.05, 4.69) is 4.98 Å². The van der Waals surface area contributed by atoms with Crippen LogP contribution in [0.3, 0.4) is 0 Å². The van der Waals surface area contributed by atoms with Crippen LogP contribution in [0.1, 0.15) is 5.56 Å². The number of hydrogen-bond acceptors (Lipinski definition) is 1. The van der Waals surface area contributed by atoms with Crippen LogP contribution in [-0.2, 0) is 0 Å². The molecule has 0 unspecified atom stereocenters. The Bertz CT molecular complexity index is 437. The number of aromatic nitrogens is 1. The molecule has 0 spiro atoms. The molecule has 1 aromatic heterocycles. The van der Waals surface area contributed by atoms with E-state index in [0.717, 1.165) is 11.1 Å². The molecule has 0 radical (unpaired) electrons. The molecule has 1 nitrogen and oxygen atoms in total. The maximum absolute atomic E-state index is 13.5. The summed E-state index contributed by atoms with van der Waals surface area (Å²) in [7, 11) is 0. The predicted octanol–water partition coefficient (Wildman–Crippen LogP) is 3.20. The summed E-state index contributed by atoms with van der Waals surface area (Å²) in [6, 6.07) is 8.83. The maximum Gasteiger partial charge on any atom is 0.131 e. The fourth-order valence-corrected chi connectivity index (χ4v) is 1.39. The fraction of sp³-hybridized carbons (Fsp3) is 0.0833. The molecule has 1 heterocycles. The highest BCUT2D eigenvalue weighted by Gasteiger charge is 2.03. The van der Waals surface area contributed by atoms with Gasteiger partial charge in [0.2, 0.25) is 0 Å². The van der Waals surface area contributed by atoms with Gasteiger partial charge < -0.3 is 0 Å². The summed E-state index contributed by atoms with van der Waals surface area (Å²) in [6.07, 6.45) is 3.32. The van der Waals surface area contributed by atoms with Crippen molar-refractivity contribution in [3.05, 3.63) is 54.1 Å². The second-order valence-corrected chi connectivity index (χ2v) is 3.22. The topological polar surface area (TPSA) is 12.9 Å². The quantitative estimate of drug-likeness (QED) is 0.668. The molecule has 0 saturated carbocycles. The Balaban J connectivity index is 2.53. The summed E-state index contributed by atoms with van der Waals surface area (Å²) in [6.45, 7) is 1.87. The third-order valence-electron chi connectivity index (χ3n) is 2.12. The molecule has 2 heteroatoms. The van der Waals surface area contributed by atoms with Gasteiger partial charge in [-0.15, -0.1) is 0 Å². The Morgan fingerprint density at radius 2 is 1.79 bits per heavy atom. The maximum atomic E-state index is 13.5. The van der Waals surface area contributed by atoms with Gasteiger partial charge in [0.1, 0.15) is 5.82 Å². The minimum atomic E-state index is -0.184. The summed E-state index contributed by atoms with van der Waals surface area (Å²) >= 11 is 0. The Morgan fingerprint density at radius 1 is 1.07 bits per heavy atom. The van der Waals surface area contributed by atoms with Crippen LogP contribution in [0.15, 0.2) is 42.7 Å². The third kappa shape index (κ3) is 1.64. The molecule has 1 aromatic carbocycles. The van der Waals surface area contributed by atoms with E-state index in [0.29, 0.717) is 5.56 Å². The van der Waals surface area contributed by atoms with Crippen molar-refractivity contribution in [3.63, 3.8) is 0 Å². The average Bonchev–Trinajstić information content (AvgIpc) is 2.19. The van der Waals surface area contributed by atoms with E-state index in [4.69, 9.17) is 0 Å². The molecular formula is C12H10FN. The van der Waals surface area contributed by atoms with E-state index < -0.39 is 0 Å². The summed E-state index contributed by atoms with van der Waals surface area (Å²) in [5, 5.41) is 0. The van der Waals surface area contributed by atoms with Gasteiger partial charge in [-0.05, 0) is 36.2 Å². The van der Waals surface area contributed by atoms with Crippen LogP contribution in [0.4, 0.5) is 4.39 Å². The highest BCUT2D eigenvalue weighted by Crippen LogP contribution is 2.22. The highest BCUT2D eigenvalue weighted by atomic mass is 19.1. The van der Waals surface area contributed by atoms with E-state index >= 15 is 0 Å². The van der Waals surface area contributed by atoms with Gasteiger partial charge in [-0.1, -0.05) is 12.1 Å². The molecule has 0 aliphatic carbocycles. The SMILES string of the molecule is Cc1ccc(-c2ccncc2)c(F)c1. The Hall–Kier alpha value is -1.70. The largest absolute Gasteiger partial charge is 0.265 e. The van der Waals surface area contributed by atoms with Crippen molar-refractivity contribution in [3.8, 4) is 11.1 Å². The number of rotatable bonds is 1. The van der Waals surface area contributed by atoms with Gasteiger partial charge in [-0.25, -0.2) is 4.39 Å². The molecule has 0 bridgehead atoms. The van der Waals surface area contributed by atoms with E-state index in [1.807, 2.05) is 13.0 Å². The van der Waals surface area contributed by atoms with Gasteiger partial charge in [-0.2, -0.15) is 0 Å². The number of nitrogens with zero attached hydrogens (tertiary/aromatic N) is 1. The molecular weight excluding hydrogens is 177 g/mol. The summed E-state index contributed by atoms with van der Waals surface area (Å²) in [5.74, 6) is -0.184. The van der Waals surface area contributed by atoms with Crippen LogP contribution < -0.4 is 0 Å². The lowest BCUT2D eigenvalue weighted by Crippen LogP contribution is -1.85. The molecule has 0 saturated heterocycles. The van der Waals surface area contributed by atoms with Gasteiger partial charge in [0.25, 0.3) is 0 Å². The minimum Gasteiger partial charge on any atom is -0.265 e. The van der Waals surface area contributed by atoms with Gasteiger partial charge in [0.15, 0.2) is 0 Å². The normalized spacial score (nSPS) is 10.1. The lowest BCUT2D eigenvalue weighted by molar-refractivity contribution is 0.630. The number of benzene rings is 1. The van der Waals surface area contributed by atoms with Crippen molar-refractivity contribution in [1.82, 2.24) is 4.98 Å². The first-order valence-corrected chi connectivity index (χ1v) is 4.44. The van der Waals surface area contributed by atoms with Crippen LogP contribution in [0, 0.1) is 12.7 Å². The van der Waals surface area contributed by atoms with E-state index in [1.165, 1.54) is 6.07 Å². The number of halogens is 1. The van der Waals surface area contributed by atoms with Crippen LogP contribution in [0.2, 0.25) is 0 Å². The molecule has 0 aliphatic rings. The zero-order chi connectivity index (χ0) is 9.97. The average molecular weight is 187 g/mol. The van der Waals surface area contributed by atoms with Crippen molar-refractivity contribution in [2.75, 3.05) is 0 Å². The first-order chi connectivity index (χ1) is 6.77. The standard InChI is InChI=1S/C12H10FN/c1-9-2-3-11(12(13)8-9)10-4-6-14-7-5-10/h2-8H,1H3. The Morgan fingerprint density at radius 3 is 2.43 bits per heavy atom.